The van der Waals surface area contributed by atoms with Gasteiger partial charge in [-0.3, -0.25) is 4.79 Å². The maximum atomic E-state index is 12.7. The monoisotopic (exact) mass is 352 g/mol. The normalized spacial score (nSPS) is 21.4. The predicted octanol–water partition coefficient (Wildman–Crippen LogP) is 3.56. The van der Waals surface area contributed by atoms with Crippen molar-refractivity contribution in [1.82, 2.24) is 10.2 Å². The molecule has 4 nitrogen and oxygen atoms in total. The molecule has 3 rings (SSSR count). The van der Waals surface area contributed by atoms with Crippen molar-refractivity contribution < 1.29 is 9.53 Å². The second-order valence-electron chi connectivity index (χ2n) is 6.72. The van der Waals surface area contributed by atoms with Crippen molar-refractivity contribution in [3.05, 3.63) is 29.8 Å². The Bertz CT molecular complexity index is 532. The van der Waals surface area contributed by atoms with E-state index >= 15 is 0 Å². The fourth-order valence-corrected chi connectivity index (χ4v) is 3.97. The van der Waals surface area contributed by atoms with Crippen molar-refractivity contribution >= 4 is 18.3 Å². The zero-order valence-electron chi connectivity index (χ0n) is 14.5. The van der Waals surface area contributed by atoms with Gasteiger partial charge in [-0.25, -0.2) is 0 Å². The van der Waals surface area contributed by atoms with E-state index in [2.05, 4.69) is 16.3 Å². The minimum Gasteiger partial charge on any atom is -0.496 e. The summed E-state index contributed by atoms with van der Waals surface area (Å²) in [4.78, 5) is 14.8. The van der Waals surface area contributed by atoms with Gasteiger partial charge < -0.3 is 15.0 Å². The van der Waals surface area contributed by atoms with E-state index in [1.54, 1.807) is 7.11 Å². The molecule has 1 N–H and O–H groups in total. The Labute approximate surface area is 151 Å². The molecule has 0 radical (unpaired) electrons. The molecule has 2 aliphatic heterocycles. The standard InChI is InChI=1S/C19H28N2O2.ClH/c1-23-18-7-3-2-5-16(18)17-6-4-14-21(17)19(22)9-8-15-10-12-20-13-11-15;/h2-3,5,7,15,17,20H,4,6,8-14H2,1H3;1H. The number of rotatable bonds is 5. The van der Waals surface area contributed by atoms with E-state index in [9.17, 15) is 4.79 Å². The topological polar surface area (TPSA) is 41.6 Å². The van der Waals surface area contributed by atoms with E-state index in [1.807, 2.05) is 18.2 Å². The molecule has 1 amide bonds. The van der Waals surface area contributed by atoms with Gasteiger partial charge in [-0.15, -0.1) is 12.4 Å². The summed E-state index contributed by atoms with van der Waals surface area (Å²) in [7, 11) is 1.71. The molecule has 0 aromatic heterocycles. The summed E-state index contributed by atoms with van der Waals surface area (Å²) in [6, 6.07) is 8.30. The highest BCUT2D eigenvalue weighted by molar-refractivity contribution is 5.85. The molecule has 2 aliphatic rings. The van der Waals surface area contributed by atoms with Crippen LogP contribution in [0.4, 0.5) is 0 Å². The van der Waals surface area contributed by atoms with Crippen molar-refractivity contribution in [3.8, 4) is 5.75 Å². The lowest BCUT2D eigenvalue weighted by atomic mass is 9.93. The minimum absolute atomic E-state index is 0. The number of piperidine rings is 1. The number of hydrogen-bond donors (Lipinski definition) is 1. The van der Waals surface area contributed by atoms with E-state index in [4.69, 9.17) is 4.74 Å². The smallest absolute Gasteiger partial charge is 0.223 e. The molecule has 1 aromatic rings. The highest BCUT2D eigenvalue weighted by Crippen LogP contribution is 2.37. The Kier molecular flexibility index (Phi) is 7.38. The summed E-state index contributed by atoms with van der Waals surface area (Å²) in [5.41, 5.74) is 1.16. The van der Waals surface area contributed by atoms with Gasteiger partial charge in [0.05, 0.1) is 13.2 Å². The van der Waals surface area contributed by atoms with E-state index in [1.165, 1.54) is 12.8 Å². The minimum atomic E-state index is 0. The summed E-state index contributed by atoms with van der Waals surface area (Å²) >= 11 is 0. The predicted molar refractivity (Wildman–Crippen MR) is 98.8 cm³/mol. The van der Waals surface area contributed by atoms with E-state index < -0.39 is 0 Å². The number of carbonyl (C=O) groups is 1. The Hall–Kier alpha value is -1.26. The van der Waals surface area contributed by atoms with Crippen LogP contribution >= 0.6 is 12.4 Å². The van der Waals surface area contributed by atoms with Gasteiger partial charge in [0.15, 0.2) is 0 Å². The van der Waals surface area contributed by atoms with Crippen molar-refractivity contribution in [2.75, 3.05) is 26.7 Å². The molecule has 24 heavy (non-hydrogen) atoms. The quantitative estimate of drug-likeness (QED) is 0.881. The van der Waals surface area contributed by atoms with Gasteiger partial charge in [0.2, 0.25) is 5.91 Å². The lowest BCUT2D eigenvalue weighted by molar-refractivity contribution is -0.132. The summed E-state index contributed by atoms with van der Waals surface area (Å²) in [6.07, 6.45) is 6.28. The first-order valence-corrected chi connectivity index (χ1v) is 8.92. The number of ether oxygens (including phenoxy) is 1. The number of hydrogen-bond acceptors (Lipinski definition) is 3. The second-order valence-corrected chi connectivity index (χ2v) is 6.72. The number of nitrogens with one attached hydrogen (secondary N) is 1. The fraction of sp³-hybridized carbons (Fsp3) is 0.632. The largest absolute Gasteiger partial charge is 0.496 e. The van der Waals surface area contributed by atoms with Crippen LogP contribution in [0.1, 0.15) is 50.1 Å². The summed E-state index contributed by atoms with van der Waals surface area (Å²) in [5, 5.41) is 3.39. The number of benzene rings is 1. The highest BCUT2D eigenvalue weighted by Gasteiger charge is 2.31. The Morgan fingerprint density at radius 3 is 2.75 bits per heavy atom. The molecule has 0 aliphatic carbocycles. The molecule has 2 saturated heterocycles. The number of amides is 1. The Morgan fingerprint density at radius 1 is 1.25 bits per heavy atom. The van der Waals surface area contributed by atoms with Crippen LogP contribution in [0.3, 0.4) is 0 Å². The number of methoxy groups -OCH3 is 1. The van der Waals surface area contributed by atoms with Crippen LogP contribution in [-0.4, -0.2) is 37.6 Å². The third-order valence-corrected chi connectivity index (χ3v) is 5.30. The van der Waals surface area contributed by atoms with Crippen molar-refractivity contribution in [1.29, 1.82) is 0 Å². The summed E-state index contributed by atoms with van der Waals surface area (Å²) in [5.74, 6) is 1.93. The molecule has 1 unspecified atom stereocenters. The molecular formula is C19H29ClN2O2. The maximum absolute atomic E-state index is 12.7. The first-order chi connectivity index (χ1) is 11.3. The molecule has 2 heterocycles. The zero-order chi connectivity index (χ0) is 16.1. The molecule has 1 atom stereocenters. The lowest BCUT2D eigenvalue weighted by Gasteiger charge is -2.28. The van der Waals surface area contributed by atoms with Gasteiger partial charge in [0, 0.05) is 18.5 Å². The van der Waals surface area contributed by atoms with Crippen LogP contribution in [0.25, 0.3) is 0 Å². The molecule has 2 fully saturated rings. The molecule has 134 valence electrons. The van der Waals surface area contributed by atoms with Crippen LogP contribution in [0.15, 0.2) is 24.3 Å². The van der Waals surface area contributed by atoms with Gasteiger partial charge in [0.25, 0.3) is 0 Å². The average molecular weight is 353 g/mol. The van der Waals surface area contributed by atoms with Gasteiger partial charge in [0.1, 0.15) is 5.75 Å². The lowest BCUT2D eigenvalue weighted by Crippen LogP contribution is -2.32. The van der Waals surface area contributed by atoms with Crippen molar-refractivity contribution in [3.63, 3.8) is 0 Å². The first kappa shape index (κ1) is 19.1. The van der Waals surface area contributed by atoms with Crippen molar-refractivity contribution in [2.45, 2.75) is 44.6 Å². The average Bonchev–Trinajstić information content (AvgIpc) is 3.10. The number of likely N-dealkylation sites (tertiary alicyclic amines) is 1. The fourth-order valence-electron chi connectivity index (χ4n) is 3.97. The summed E-state index contributed by atoms with van der Waals surface area (Å²) in [6.45, 7) is 3.09. The third-order valence-electron chi connectivity index (χ3n) is 5.30. The molecule has 1 aromatic carbocycles. The van der Waals surface area contributed by atoms with Crippen molar-refractivity contribution in [2.24, 2.45) is 5.92 Å². The van der Waals surface area contributed by atoms with Gasteiger partial charge in [-0.1, -0.05) is 18.2 Å². The van der Waals surface area contributed by atoms with Gasteiger partial charge >= 0.3 is 0 Å². The van der Waals surface area contributed by atoms with E-state index in [0.29, 0.717) is 18.2 Å². The number of para-hydroxylation sites is 1. The van der Waals surface area contributed by atoms with Gasteiger partial charge in [-0.2, -0.15) is 0 Å². The number of halogens is 1. The first-order valence-electron chi connectivity index (χ1n) is 8.92. The van der Waals surface area contributed by atoms with Gasteiger partial charge in [-0.05, 0) is 57.2 Å². The second kappa shape index (κ2) is 9.28. The maximum Gasteiger partial charge on any atom is 0.223 e. The summed E-state index contributed by atoms with van der Waals surface area (Å²) < 4.78 is 5.50. The molecular weight excluding hydrogens is 324 g/mol. The van der Waals surface area contributed by atoms with Crippen LogP contribution in [-0.2, 0) is 4.79 Å². The van der Waals surface area contributed by atoms with E-state index in [-0.39, 0.29) is 18.4 Å². The molecule has 5 heteroatoms. The van der Waals surface area contributed by atoms with Crippen LogP contribution in [0.5, 0.6) is 5.75 Å². The molecule has 0 saturated carbocycles. The Balaban J connectivity index is 0.00000208. The Morgan fingerprint density at radius 2 is 2.00 bits per heavy atom. The number of nitrogens with zero attached hydrogens (tertiary/aromatic N) is 1. The molecule has 0 bridgehead atoms. The zero-order valence-corrected chi connectivity index (χ0v) is 15.3. The molecule has 0 spiro atoms. The van der Waals surface area contributed by atoms with Crippen LogP contribution < -0.4 is 10.1 Å². The third kappa shape index (κ3) is 4.42. The SMILES string of the molecule is COc1ccccc1C1CCCN1C(=O)CCC1CCNCC1.Cl. The number of carbonyl (C=O) groups excluding carboxylic acids is 1. The highest BCUT2D eigenvalue weighted by atomic mass is 35.5. The van der Waals surface area contributed by atoms with Crippen LogP contribution in [0.2, 0.25) is 0 Å². The van der Waals surface area contributed by atoms with Crippen LogP contribution in [0, 0.1) is 5.92 Å². The van der Waals surface area contributed by atoms with E-state index in [0.717, 1.165) is 50.2 Å².